The molecule has 0 aliphatic heterocycles. The second-order valence-corrected chi connectivity index (χ2v) is 5.14. The quantitative estimate of drug-likeness (QED) is 0.482. The Morgan fingerprint density at radius 2 is 1.67 bits per heavy atom. The normalized spacial score (nSPS) is 15.9. The van der Waals surface area contributed by atoms with E-state index in [4.69, 9.17) is 9.11 Å². The Balaban J connectivity index is 4.64. The molecule has 3 N–H and O–H groups in total. The fourth-order valence-corrected chi connectivity index (χ4v) is 2.56. The van der Waals surface area contributed by atoms with Crippen molar-refractivity contribution in [3.63, 3.8) is 0 Å². The third kappa shape index (κ3) is 4.62. The molecule has 0 spiro atoms. The van der Waals surface area contributed by atoms with Crippen molar-refractivity contribution in [3.8, 4) is 0 Å². The lowest BCUT2D eigenvalue weighted by atomic mass is 10.7. The van der Waals surface area contributed by atoms with Gasteiger partial charge in [0.2, 0.25) is 0 Å². The Bertz CT molecular complexity index is 328. The van der Waals surface area contributed by atoms with Crippen LogP contribution in [-0.4, -0.2) is 44.1 Å². The Morgan fingerprint density at radius 1 is 1.25 bits per heavy atom. The molecule has 1 atom stereocenters. The zero-order chi connectivity index (χ0) is 9.99. The van der Waals surface area contributed by atoms with E-state index in [1.807, 2.05) is 5.32 Å². The van der Waals surface area contributed by atoms with E-state index in [-0.39, 0.29) is 0 Å². The van der Waals surface area contributed by atoms with Gasteiger partial charge >= 0.3 is 0 Å². The molecule has 9 heteroatoms. The van der Waals surface area contributed by atoms with E-state index in [1.165, 1.54) is 0 Å². The predicted octanol–water partition coefficient (Wildman–Crippen LogP) is -1.69. The standard InChI is InChI=1S/C3H9NO6S2/c1-4-3(12(8,9)10)2-11(5,6)7/h3-4H,2H2,1H3,(H,5,6,7)(H,8,9,10). The van der Waals surface area contributed by atoms with Gasteiger partial charge in [0.15, 0.2) is 5.37 Å². The molecule has 0 aromatic rings. The predicted molar refractivity (Wildman–Crippen MR) is 40.8 cm³/mol. The molecule has 0 heterocycles. The maximum absolute atomic E-state index is 10.4. The van der Waals surface area contributed by atoms with Crippen LogP contribution in [0.1, 0.15) is 0 Å². The van der Waals surface area contributed by atoms with Crippen LogP contribution < -0.4 is 5.32 Å². The van der Waals surface area contributed by atoms with Gasteiger partial charge in [0.05, 0.1) is 0 Å². The minimum atomic E-state index is -4.50. The van der Waals surface area contributed by atoms with E-state index in [9.17, 15) is 16.8 Å². The number of rotatable bonds is 4. The van der Waals surface area contributed by atoms with Crippen LogP contribution in [0.25, 0.3) is 0 Å². The summed E-state index contributed by atoms with van der Waals surface area (Å²) in [7, 11) is -7.78. The fourth-order valence-electron chi connectivity index (χ4n) is 0.510. The van der Waals surface area contributed by atoms with Crippen molar-refractivity contribution in [2.45, 2.75) is 5.37 Å². The maximum atomic E-state index is 10.4. The zero-order valence-corrected chi connectivity index (χ0v) is 7.76. The highest BCUT2D eigenvalue weighted by atomic mass is 32.2. The van der Waals surface area contributed by atoms with Gasteiger partial charge in [0, 0.05) is 0 Å². The third-order valence-electron chi connectivity index (χ3n) is 1.04. The van der Waals surface area contributed by atoms with Gasteiger partial charge in [0.1, 0.15) is 5.75 Å². The largest absolute Gasteiger partial charge is 0.301 e. The van der Waals surface area contributed by atoms with Crippen LogP contribution in [0.4, 0.5) is 0 Å². The number of hydrogen-bond acceptors (Lipinski definition) is 5. The lowest BCUT2D eigenvalue weighted by Crippen LogP contribution is -2.39. The Labute approximate surface area is 70.3 Å². The maximum Gasteiger partial charge on any atom is 0.282 e. The molecule has 74 valence electrons. The summed E-state index contributed by atoms with van der Waals surface area (Å²) in [6.45, 7) is 0. The first-order valence-corrected chi connectivity index (χ1v) is 5.87. The molecule has 0 fully saturated rings. The minimum Gasteiger partial charge on any atom is -0.301 e. The van der Waals surface area contributed by atoms with E-state index >= 15 is 0 Å². The van der Waals surface area contributed by atoms with Gasteiger partial charge in [-0.2, -0.15) is 16.8 Å². The molecular weight excluding hydrogens is 210 g/mol. The van der Waals surface area contributed by atoms with E-state index in [2.05, 4.69) is 0 Å². The van der Waals surface area contributed by atoms with Crippen molar-refractivity contribution in [2.24, 2.45) is 0 Å². The average molecular weight is 219 g/mol. The van der Waals surface area contributed by atoms with Crippen LogP contribution in [0, 0.1) is 0 Å². The molecule has 0 bridgehead atoms. The number of hydrogen-bond donors (Lipinski definition) is 3. The second kappa shape index (κ2) is 3.66. The third-order valence-corrected chi connectivity index (χ3v) is 3.13. The van der Waals surface area contributed by atoms with Crippen LogP contribution in [0.5, 0.6) is 0 Å². The summed E-state index contributed by atoms with van der Waals surface area (Å²) in [5.41, 5.74) is 0. The minimum absolute atomic E-state index is 1.08. The van der Waals surface area contributed by atoms with Crippen molar-refractivity contribution in [2.75, 3.05) is 12.8 Å². The molecule has 0 aliphatic carbocycles. The highest BCUT2D eigenvalue weighted by molar-refractivity contribution is 7.90. The van der Waals surface area contributed by atoms with Gasteiger partial charge in [-0.1, -0.05) is 0 Å². The van der Waals surface area contributed by atoms with Gasteiger partial charge in [-0.3, -0.25) is 9.11 Å². The molecule has 0 aromatic carbocycles. The summed E-state index contributed by atoms with van der Waals surface area (Å²) in [6.07, 6.45) is 0. The summed E-state index contributed by atoms with van der Waals surface area (Å²) in [5, 5.41) is 0.320. The van der Waals surface area contributed by atoms with E-state index < -0.39 is 31.4 Å². The molecule has 0 aromatic heterocycles. The Morgan fingerprint density at radius 3 is 1.75 bits per heavy atom. The van der Waals surface area contributed by atoms with Crippen LogP contribution in [0.2, 0.25) is 0 Å². The summed E-state index contributed by atoms with van der Waals surface area (Å²) >= 11 is 0. The van der Waals surface area contributed by atoms with Gasteiger partial charge in [-0.25, -0.2) is 0 Å². The molecule has 0 radical (unpaired) electrons. The van der Waals surface area contributed by atoms with E-state index in [0.29, 0.717) is 0 Å². The molecule has 0 amide bonds. The lowest BCUT2D eigenvalue weighted by Gasteiger charge is -2.09. The first kappa shape index (κ1) is 11.8. The summed E-state index contributed by atoms with van der Waals surface area (Å²) in [6, 6.07) is 0. The van der Waals surface area contributed by atoms with E-state index in [0.717, 1.165) is 7.05 Å². The summed E-state index contributed by atoms with van der Waals surface area (Å²) in [4.78, 5) is 0. The fraction of sp³-hybridized carbons (Fsp3) is 1.00. The van der Waals surface area contributed by atoms with Crippen LogP contribution in [-0.2, 0) is 20.2 Å². The molecule has 1 unspecified atom stereocenters. The molecule has 0 rings (SSSR count). The molecule has 7 nitrogen and oxygen atoms in total. The topological polar surface area (TPSA) is 121 Å². The second-order valence-electron chi connectivity index (χ2n) is 2.04. The summed E-state index contributed by atoms with van der Waals surface area (Å²) < 4.78 is 57.7. The lowest BCUT2D eigenvalue weighted by molar-refractivity contribution is 0.449. The van der Waals surface area contributed by atoms with E-state index in [1.54, 1.807) is 0 Å². The summed E-state index contributed by atoms with van der Waals surface area (Å²) in [5.74, 6) is -1.08. The van der Waals surface area contributed by atoms with Gasteiger partial charge < -0.3 is 5.32 Å². The van der Waals surface area contributed by atoms with Crippen molar-refractivity contribution in [3.05, 3.63) is 0 Å². The molecule has 0 aliphatic rings. The Hall–Kier alpha value is -0.220. The first-order chi connectivity index (χ1) is 5.17. The van der Waals surface area contributed by atoms with Crippen molar-refractivity contribution in [1.29, 1.82) is 0 Å². The van der Waals surface area contributed by atoms with Crippen LogP contribution in [0.3, 0.4) is 0 Å². The molecule has 0 saturated carbocycles. The smallest absolute Gasteiger partial charge is 0.282 e. The highest BCUT2D eigenvalue weighted by Gasteiger charge is 2.26. The zero-order valence-electron chi connectivity index (χ0n) is 6.13. The van der Waals surface area contributed by atoms with Crippen molar-refractivity contribution < 1.29 is 25.9 Å². The molecular formula is C3H9NO6S2. The van der Waals surface area contributed by atoms with Crippen molar-refractivity contribution >= 4 is 20.2 Å². The average Bonchev–Trinajstić information content (AvgIpc) is 1.78. The SMILES string of the molecule is CNC(CS(=O)(=O)O)S(=O)(=O)O. The van der Waals surface area contributed by atoms with Crippen LogP contribution >= 0.6 is 0 Å². The Kier molecular flexibility index (Phi) is 3.59. The highest BCUT2D eigenvalue weighted by Crippen LogP contribution is 1.97. The van der Waals surface area contributed by atoms with Gasteiger partial charge in [-0.05, 0) is 7.05 Å². The van der Waals surface area contributed by atoms with Crippen LogP contribution in [0.15, 0.2) is 0 Å². The van der Waals surface area contributed by atoms with Gasteiger partial charge in [0.25, 0.3) is 20.2 Å². The molecule has 12 heavy (non-hydrogen) atoms. The van der Waals surface area contributed by atoms with Gasteiger partial charge in [-0.15, -0.1) is 0 Å². The van der Waals surface area contributed by atoms with Crippen molar-refractivity contribution in [1.82, 2.24) is 5.32 Å². The number of nitrogens with one attached hydrogen (secondary N) is 1. The first-order valence-electron chi connectivity index (χ1n) is 2.75. The monoisotopic (exact) mass is 219 g/mol. The molecule has 0 saturated heterocycles.